The largest absolute Gasteiger partial charge is 0.478 e. The molecular weight excluding hydrogens is 415 g/mol. The van der Waals surface area contributed by atoms with E-state index in [1.54, 1.807) is 19.1 Å². The number of benzene rings is 2. The normalized spacial score (nSPS) is 15.7. The second kappa shape index (κ2) is 8.85. The van der Waals surface area contributed by atoms with Crippen molar-refractivity contribution in [2.75, 3.05) is 0 Å². The average molecular weight is 441 g/mol. The first kappa shape index (κ1) is 21.6. The summed E-state index contributed by atoms with van der Waals surface area (Å²) in [5.74, 6) is -1.37. The van der Waals surface area contributed by atoms with Gasteiger partial charge in [-0.15, -0.1) is 0 Å². The van der Waals surface area contributed by atoms with Crippen LogP contribution in [0.25, 0.3) is 0 Å². The van der Waals surface area contributed by atoms with E-state index in [1.165, 1.54) is 17.2 Å². The summed E-state index contributed by atoms with van der Waals surface area (Å²) in [6.07, 6.45) is 3.20. The quantitative estimate of drug-likeness (QED) is 0.508. The van der Waals surface area contributed by atoms with Gasteiger partial charge in [0.05, 0.1) is 12.1 Å². The predicted molar refractivity (Wildman–Crippen MR) is 120 cm³/mol. The van der Waals surface area contributed by atoms with Crippen molar-refractivity contribution < 1.29 is 14.3 Å². The lowest BCUT2D eigenvalue weighted by molar-refractivity contribution is 0.0694. The van der Waals surface area contributed by atoms with Crippen LogP contribution in [0.5, 0.6) is 0 Å². The maximum Gasteiger partial charge on any atom is 0.337 e. The third-order valence-electron chi connectivity index (χ3n) is 6.40. The van der Waals surface area contributed by atoms with Gasteiger partial charge >= 0.3 is 5.97 Å². The van der Waals surface area contributed by atoms with Crippen LogP contribution < -0.4 is 5.32 Å². The van der Waals surface area contributed by atoms with Gasteiger partial charge in [-0.05, 0) is 56.4 Å². The van der Waals surface area contributed by atoms with Gasteiger partial charge in [0.1, 0.15) is 5.82 Å². The topological polar surface area (TPSA) is 54.3 Å². The zero-order valence-corrected chi connectivity index (χ0v) is 18.5. The van der Waals surface area contributed by atoms with Gasteiger partial charge in [-0.25, -0.2) is 9.18 Å². The monoisotopic (exact) mass is 440 g/mol. The molecule has 0 aliphatic heterocycles. The molecule has 1 unspecified atom stereocenters. The Morgan fingerprint density at radius 1 is 1.16 bits per heavy atom. The number of carboxylic acid groups (broad SMARTS) is 1. The Morgan fingerprint density at radius 3 is 2.68 bits per heavy atom. The summed E-state index contributed by atoms with van der Waals surface area (Å²) >= 11 is 6.22. The molecule has 0 fully saturated rings. The highest BCUT2D eigenvalue weighted by atomic mass is 35.5. The molecule has 2 aromatic carbocycles. The number of hydrogen-bond acceptors (Lipinski definition) is 2. The molecule has 0 radical (unpaired) electrons. The summed E-state index contributed by atoms with van der Waals surface area (Å²) in [6.45, 7) is 4.28. The lowest BCUT2D eigenvalue weighted by atomic mass is 9.87. The van der Waals surface area contributed by atoms with Crippen molar-refractivity contribution in [2.24, 2.45) is 0 Å². The van der Waals surface area contributed by atoms with Gasteiger partial charge in [-0.3, -0.25) is 0 Å². The standard InChI is InChI=1S/C25H26ClFN2O2/c1-15-19(13-28-23-12-5-8-17-7-3-4-9-18(17)23)24(25(30)31)16(2)29(15)14-20-21(26)10-6-11-22(20)27/h3-4,6-7,9-11,23,28H,5,8,12-14H2,1-2H3,(H,30,31). The van der Waals surface area contributed by atoms with Crippen LogP contribution in [0.15, 0.2) is 42.5 Å². The number of rotatable bonds is 6. The fourth-order valence-electron chi connectivity index (χ4n) is 4.72. The Kier molecular flexibility index (Phi) is 6.17. The van der Waals surface area contributed by atoms with E-state index in [1.807, 2.05) is 17.6 Å². The van der Waals surface area contributed by atoms with Crippen molar-refractivity contribution >= 4 is 17.6 Å². The number of aromatic carboxylic acids is 1. The van der Waals surface area contributed by atoms with Crippen LogP contribution in [0.1, 0.15) is 62.9 Å². The maximum atomic E-state index is 14.4. The summed E-state index contributed by atoms with van der Waals surface area (Å²) in [6, 6.07) is 13.2. The Labute approximate surface area is 186 Å². The number of nitrogens with one attached hydrogen (secondary N) is 1. The number of carbonyl (C=O) groups is 1. The van der Waals surface area contributed by atoms with Crippen LogP contribution in [0, 0.1) is 19.7 Å². The first-order valence-electron chi connectivity index (χ1n) is 10.5. The lowest BCUT2D eigenvalue weighted by Crippen LogP contribution is -2.25. The van der Waals surface area contributed by atoms with Gasteiger partial charge in [-0.2, -0.15) is 0 Å². The molecule has 31 heavy (non-hydrogen) atoms. The van der Waals surface area contributed by atoms with Gasteiger partial charge in [0.15, 0.2) is 0 Å². The Balaban J connectivity index is 1.66. The van der Waals surface area contributed by atoms with Gasteiger partial charge < -0.3 is 15.0 Å². The van der Waals surface area contributed by atoms with Crippen molar-refractivity contribution in [3.05, 3.63) is 92.5 Å². The van der Waals surface area contributed by atoms with Gasteiger partial charge in [0.2, 0.25) is 0 Å². The molecule has 4 rings (SSSR count). The van der Waals surface area contributed by atoms with Crippen LogP contribution in [-0.4, -0.2) is 15.6 Å². The van der Waals surface area contributed by atoms with Crippen LogP contribution in [0.4, 0.5) is 4.39 Å². The fourth-order valence-corrected chi connectivity index (χ4v) is 4.94. The van der Waals surface area contributed by atoms with Gasteiger partial charge in [0, 0.05) is 40.1 Å². The molecule has 162 valence electrons. The van der Waals surface area contributed by atoms with Gasteiger partial charge in [0.25, 0.3) is 0 Å². The highest BCUT2D eigenvalue weighted by molar-refractivity contribution is 6.31. The minimum Gasteiger partial charge on any atom is -0.478 e. The molecule has 1 aliphatic carbocycles. The van der Waals surface area contributed by atoms with Crippen LogP contribution >= 0.6 is 11.6 Å². The Morgan fingerprint density at radius 2 is 1.94 bits per heavy atom. The van der Waals surface area contributed by atoms with Crippen molar-refractivity contribution in [2.45, 2.75) is 52.2 Å². The fraction of sp³-hybridized carbons (Fsp3) is 0.320. The number of nitrogens with zero attached hydrogens (tertiary/aromatic N) is 1. The first-order valence-corrected chi connectivity index (χ1v) is 10.9. The average Bonchev–Trinajstić information content (AvgIpc) is 2.98. The van der Waals surface area contributed by atoms with E-state index in [2.05, 4.69) is 23.5 Å². The van der Waals surface area contributed by atoms with Crippen LogP contribution in [0.2, 0.25) is 5.02 Å². The Bertz CT molecular complexity index is 1120. The number of halogens is 2. The predicted octanol–water partition coefficient (Wildman–Crippen LogP) is 5.81. The number of aromatic nitrogens is 1. The minimum atomic E-state index is -0.972. The second-order valence-electron chi connectivity index (χ2n) is 8.14. The van der Waals surface area contributed by atoms with E-state index >= 15 is 0 Å². The maximum absolute atomic E-state index is 14.4. The summed E-state index contributed by atoms with van der Waals surface area (Å²) in [7, 11) is 0. The molecule has 1 atom stereocenters. The minimum absolute atomic E-state index is 0.190. The third-order valence-corrected chi connectivity index (χ3v) is 6.75. The Hall–Kier alpha value is -2.63. The molecular formula is C25H26ClFN2O2. The van der Waals surface area contributed by atoms with Crippen molar-refractivity contribution in [3.8, 4) is 0 Å². The number of aryl methyl sites for hydroxylation is 1. The summed E-state index contributed by atoms with van der Waals surface area (Å²) < 4.78 is 16.2. The van der Waals surface area contributed by atoms with Crippen LogP contribution in [0.3, 0.4) is 0 Å². The number of fused-ring (bicyclic) bond motifs is 1. The van der Waals surface area contributed by atoms with E-state index in [0.717, 1.165) is 30.5 Å². The molecule has 4 nitrogen and oxygen atoms in total. The van der Waals surface area contributed by atoms with E-state index in [-0.39, 0.29) is 18.2 Å². The summed E-state index contributed by atoms with van der Waals surface area (Å²) in [5, 5.41) is 13.8. The summed E-state index contributed by atoms with van der Waals surface area (Å²) in [5.41, 5.74) is 5.43. The van der Waals surface area contributed by atoms with E-state index in [4.69, 9.17) is 11.6 Å². The highest BCUT2D eigenvalue weighted by Gasteiger charge is 2.25. The molecule has 6 heteroatoms. The molecule has 2 N–H and O–H groups in total. The van der Waals surface area contributed by atoms with Crippen molar-refractivity contribution in [1.29, 1.82) is 0 Å². The molecule has 0 amide bonds. The zero-order valence-electron chi connectivity index (χ0n) is 17.7. The molecule has 1 heterocycles. The van der Waals surface area contributed by atoms with Crippen molar-refractivity contribution in [1.82, 2.24) is 9.88 Å². The molecule has 0 saturated heterocycles. The lowest BCUT2D eigenvalue weighted by Gasteiger charge is -2.26. The molecule has 0 bridgehead atoms. The second-order valence-corrected chi connectivity index (χ2v) is 8.55. The number of carboxylic acids is 1. The molecule has 3 aromatic rings. The van der Waals surface area contributed by atoms with E-state index < -0.39 is 11.8 Å². The smallest absolute Gasteiger partial charge is 0.337 e. The SMILES string of the molecule is Cc1c(CNC2CCCc3ccccc32)c(C(=O)O)c(C)n1Cc1c(F)cccc1Cl. The molecule has 0 saturated carbocycles. The van der Waals surface area contributed by atoms with Crippen molar-refractivity contribution in [3.63, 3.8) is 0 Å². The van der Waals surface area contributed by atoms with Crippen LogP contribution in [-0.2, 0) is 19.5 Å². The van der Waals surface area contributed by atoms with E-state index in [9.17, 15) is 14.3 Å². The van der Waals surface area contributed by atoms with E-state index in [0.29, 0.717) is 22.8 Å². The zero-order chi connectivity index (χ0) is 22.1. The third kappa shape index (κ3) is 4.12. The molecule has 0 spiro atoms. The summed E-state index contributed by atoms with van der Waals surface area (Å²) in [4.78, 5) is 12.1. The number of hydrogen-bond donors (Lipinski definition) is 2. The highest BCUT2D eigenvalue weighted by Crippen LogP contribution is 2.31. The first-order chi connectivity index (χ1) is 14.9. The molecule has 1 aliphatic rings. The molecule has 1 aromatic heterocycles. The van der Waals surface area contributed by atoms with Gasteiger partial charge in [-0.1, -0.05) is 41.9 Å².